The van der Waals surface area contributed by atoms with Crippen LogP contribution in [0, 0.1) is 10.1 Å². The van der Waals surface area contributed by atoms with Gasteiger partial charge in [0, 0.05) is 61.6 Å². The second kappa shape index (κ2) is 10.4. The van der Waals surface area contributed by atoms with E-state index in [9.17, 15) is 10.1 Å². The molecule has 4 rings (SSSR count). The van der Waals surface area contributed by atoms with E-state index in [0.29, 0.717) is 29.6 Å². The SMILES string of the molecule is CNCCCN(C)c1cc(OC)c(Nc2nccc(-c3cn(C)c4ccccc34)n2)cc1[N+](=O)[O-]. The summed E-state index contributed by atoms with van der Waals surface area (Å²) < 4.78 is 7.62. The highest BCUT2D eigenvalue weighted by atomic mass is 16.6. The molecule has 0 aliphatic heterocycles. The molecule has 0 amide bonds. The fraction of sp³-hybridized carbons (Fsp3) is 0.280. The van der Waals surface area contributed by atoms with Crippen LogP contribution in [0.2, 0.25) is 0 Å². The van der Waals surface area contributed by atoms with Gasteiger partial charge in [0.15, 0.2) is 0 Å². The van der Waals surface area contributed by atoms with Crippen molar-refractivity contribution < 1.29 is 9.66 Å². The Kier molecular flexibility index (Phi) is 7.11. The number of aryl methyl sites for hydroxylation is 1. The van der Waals surface area contributed by atoms with Gasteiger partial charge in [-0.1, -0.05) is 18.2 Å². The quantitative estimate of drug-likeness (QED) is 0.198. The fourth-order valence-corrected chi connectivity index (χ4v) is 4.12. The third kappa shape index (κ3) is 5.02. The smallest absolute Gasteiger partial charge is 0.294 e. The van der Waals surface area contributed by atoms with Gasteiger partial charge in [-0.3, -0.25) is 10.1 Å². The second-order valence-corrected chi connectivity index (χ2v) is 8.24. The average Bonchev–Trinajstić information content (AvgIpc) is 3.20. The number of nitro groups is 1. The van der Waals surface area contributed by atoms with Gasteiger partial charge in [0.05, 0.1) is 23.4 Å². The molecule has 0 saturated carbocycles. The minimum Gasteiger partial charge on any atom is -0.494 e. The predicted molar refractivity (Wildman–Crippen MR) is 139 cm³/mol. The van der Waals surface area contributed by atoms with Crippen molar-refractivity contribution in [3.63, 3.8) is 0 Å². The van der Waals surface area contributed by atoms with Gasteiger partial charge in [-0.05, 0) is 32.1 Å². The zero-order valence-electron chi connectivity index (χ0n) is 20.3. The van der Waals surface area contributed by atoms with Crippen LogP contribution in [0.1, 0.15) is 6.42 Å². The molecule has 2 N–H and O–H groups in total. The molecular weight excluding hydrogens is 446 g/mol. The Balaban J connectivity index is 1.68. The number of anilines is 3. The van der Waals surface area contributed by atoms with E-state index in [1.54, 1.807) is 12.3 Å². The first-order valence-corrected chi connectivity index (χ1v) is 11.3. The van der Waals surface area contributed by atoms with Crippen LogP contribution in [0.3, 0.4) is 0 Å². The molecule has 182 valence electrons. The number of fused-ring (bicyclic) bond motifs is 1. The molecule has 0 atom stereocenters. The van der Waals surface area contributed by atoms with Gasteiger partial charge < -0.3 is 24.8 Å². The number of benzene rings is 2. The van der Waals surface area contributed by atoms with Crippen molar-refractivity contribution in [3.05, 3.63) is 65.0 Å². The lowest BCUT2D eigenvalue weighted by molar-refractivity contribution is -0.384. The largest absolute Gasteiger partial charge is 0.494 e. The molecule has 10 heteroatoms. The standard InChI is InChI=1S/C25H29N7O3/c1-26-11-7-13-30(2)22-15-24(35-4)20(14-23(22)32(33)34)29-25-27-12-10-19(28-25)18-16-31(3)21-9-6-5-8-17(18)21/h5-6,8-10,12,14-16,26H,7,11,13H2,1-4H3,(H,27,28,29). The maximum Gasteiger partial charge on any atom is 0.294 e. The lowest BCUT2D eigenvalue weighted by Gasteiger charge is -2.21. The van der Waals surface area contributed by atoms with Gasteiger partial charge in [0.25, 0.3) is 5.69 Å². The number of rotatable bonds is 10. The molecule has 0 aliphatic rings. The molecule has 2 heterocycles. The number of aromatic nitrogens is 3. The van der Waals surface area contributed by atoms with Crippen LogP contribution < -0.4 is 20.3 Å². The molecule has 2 aromatic carbocycles. The monoisotopic (exact) mass is 475 g/mol. The highest BCUT2D eigenvalue weighted by Crippen LogP contribution is 2.39. The Labute approximate surface area is 203 Å². The van der Waals surface area contributed by atoms with Crippen molar-refractivity contribution in [1.29, 1.82) is 0 Å². The molecule has 0 spiro atoms. The van der Waals surface area contributed by atoms with E-state index in [1.165, 1.54) is 13.2 Å². The summed E-state index contributed by atoms with van der Waals surface area (Å²) >= 11 is 0. The van der Waals surface area contributed by atoms with E-state index >= 15 is 0 Å². The van der Waals surface area contributed by atoms with Crippen molar-refractivity contribution >= 4 is 33.9 Å². The lowest BCUT2D eigenvalue weighted by atomic mass is 10.1. The lowest BCUT2D eigenvalue weighted by Crippen LogP contribution is -2.23. The van der Waals surface area contributed by atoms with Crippen molar-refractivity contribution in [2.75, 3.05) is 44.5 Å². The number of hydrogen-bond donors (Lipinski definition) is 2. The maximum atomic E-state index is 11.9. The van der Waals surface area contributed by atoms with Crippen molar-refractivity contribution in [2.24, 2.45) is 7.05 Å². The summed E-state index contributed by atoms with van der Waals surface area (Å²) in [5.74, 6) is 0.781. The van der Waals surface area contributed by atoms with Gasteiger partial charge in [-0.2, -0.15) is 0 Å². The Morgan fingerprint density at radius 3 is 2.77 bits per heavy atom. The normalized spacial score (nSPS) is 11.0. The average molecular weight is 476 g/mol. The van der Waals surface area contributed by atoms with Gasteiger partial charge in [-0.15, -0.1) is 0 Å². The van der Waals surface area contributed by atoms with E-state index in [2.05, 4.69) is 37.3 Å². The molecule has 2 aromatic heterocycles. The topological polar surface area (TPSA) is 110 Å². The zero-order chi connectivity index (χ0) is 24.9. The van der Waals surface area contributed by atoms with Crippen LogP contribution in [0.5, 0.6) is 5.75 Å². The van der Waals surface area contributed by atoms with Crippen LogP contribution in [0.4, 0.5) is 23.0 Å². The van der Waals surface area contributed by atoms with E-state index in [4.69, 9.17) is 4.74 Å². The number of nitrogens with one attached hydrogen (secondary N) is 2. The first-order valence-electron chi connectivity index (χ1n) is 11.3. The number of ether oxygens (including phenoxy) is 1. The zero-order valence-corrected chi connectivity index (χ0v) is 20.3. The number of methoxy groups -OCH3 is 1. The van der Waals surface area contributed by atoms with Crippen LogP contribution in [0.15, 0.2) is 54.9 Å². The molecule has 0 bridgehead atoms. The molecule has 10 nitrogen and oxygen atoms in total. The Morgan fingerprint density at radius 1 is 1.23 bits per heavy atom. The summed E-state index contributed by atoms with van der Waals surface area (Å²) in [5, 5.41) is 19.2. The third-order valence-electron chi connectivity index (χ3n) is 5.90. The summed E-state index contributed by atoms with van der Waals surface area (Å²) in [6.45, 7) is 1.48. The third-order valence-corrected chi connectivity index (χ3v) is 5.90. The molecule has 0 unspecified atom stereocenters. The molecule has 0 aliphatic carbocycles. The number of nitro benzene ring substituents is 1. The first kappa shape index (κ1) is 24.0. The van der Waals surface area contributed by atoms with E-state index < -0.39 is 0 Å². The van der Waals surface area contributed by atoms with Crippen LogP contribution in [-0.2, 0) is 7.05 Å². The summed E-state index contributed by atoms with van der Waals surface area (Å²) in [4.78, 5) is 22.4. The summed E-state index contributed by atoms with van der Waals surface area (Å²) in [7, 11) is 7.24. The predicted octanol–water partition coefficient (Wildman–Crippen LogP) is 4.34. The minimum absolute atomic E-state index is 0.0227. The highest BCUT2D eigenvalue weighted by molar-refractivity contribution is 5.95. The summed E-state index contributed by atoms with van der Waals surface area (Å²) in [5.41, 5.74) is 3.70. The van der Waals surface area contributed by atoms with Gasteiger partial charge in [0.1, 0.15) is 11.4 Å². The van der Waals surface area contributed by atoms with Gasteiger partial charge >= 0.3 is 0 Å². The van der Waals surface area contributed by atoms with Crippen molar-refractivity contribution in [2.45, 2.75) is 6.42 Å². The van der Waals surface area contributed by atoms with E-state index in [-0.39, 0.29) is 10.6 Å². The van der Waals surface area contributed by atoms with Crippen LogP contribution in [0.25, 0.3) is 22.2 Å². The van der Waals surface area contributed by atoms with E-state index in [1.807, 2.05) is 50.4 Å². The Morgan fingerprint density at radius 2 is 2.03 bits per heavy atom. The maximum absolute atomic E-state index is 11.9. The Hall–Kier alpha value is -4.18. The van der Waals surface area contributed by atoms with Crippen LogP contribution in [-0.4, -0.2) is 53.8 Å². The molecular formula is C25H29N7O3. The molecule has 0 saturated heterocycles. The molecule has 0 fully saturated rings. The minimum atomic E-state index is -0.387. The number of nitrogens with zero attached hydrogens (tertiary/aromatic N) is 5. The Bertz CT molecular complexity index is 1350. The first-order chi connectivity index (χ1) is 16.9. The van der Waals surface area contributed by atoms with Crippen molar-refractivity contribution in [1.82, 2.24) is 19.9 Å². The van der Waals surface area contributed by atoms with E-state index in [0.717, 1.165) is 35.1 Å². The molecule has 35 heavy (non-hydrogen) atoms. The van der Waals surface area contributed by atoms with Crippen molar-refractivity contribution in [3.8, 4) is 17.0 Å². The second-order valence-electron chi connectivity index (χ2n) is 8.24. The highest BCUT2D eigenvalue weighted by Gasteiger charge is 2.22. The van der Waals surface area contributed by atoms with Crippen LogP contribution >= 0.6 is 0 Å². The fourth-order valence-electron chi connectivity index (χ4n) is 4.12. The summed E-state index contributed by atoms with van der Waals surface area (Å²) in [6, 6.07) is 13.1. The molecule has 4 aromatic rings. The molecule has 0 radical (unpaired) electrons. The van der Waals surface area contributed by atoms with Gasteiger partial charge in [0.2, 0.25) is 5.95 Å². The number of para-hydroxylation sites is 1. The summed E-state index contributed by atoms with van der Waals surface area (Å²) in [6.07, 6.45) is 4.54. The van der Waals surface area contributed by atoms with Gasteiger partial charge in [-0.25, -0.2) is 9.97 Å². The number of hydrogen-bond acceptors (Lipinski definition) is 8.